The maximum atomic E-state index is 15.7. The van der Waals surface area contributed by atoms with Gasteiger partial charge < -0.3 is 9.84 Å². The monoisotopic (exact) mass is 514 g/mol. The summed E-state index contributed by atoms with van der Waals surface area (Å²) in [7, 11) is 1.57. The maximum Gasteiger partial charge on any atom is 0.144 e. The van der Waals surface area contributed by atoms with E-state index in [-0.39, 0.29) is 19.6 Å². The Labute approximate surface area is 214 Å². The molecule has 1 aromatic heterocycles. The van der Waals surface area contributed by atoms with Gasteiger partial charge in [-0.1, -0.05) is 11.8 Å². The molecular weight excluding hydrogens is 484 g/mol. The summed E-state index contributed by atoms with van der Waals surface area (Å²) in [6.45, 7) is 3.32. The number of alkyl halides is 1. The van der Waals surface area contributed by atoms with E-state index in [1.165, 1.54) is 0 Å². The molecule has 3 aromatic rings. The van der Waals surface area contributed by atoms with Gasteiger partial charge in [-0.3, -0.25) is 9.88 Å². The average molecular weight is 515 g/mol. The molecule has 4 rings (SSSR count). The number of hydrogen-bond acceptors (Lipinski definition) is 4. The van der Waals surface area contributed by atoms with Crippen LogP contribution in [-0.4, -0.2) is 48.3 Å². The second-order valence-corrected chi connectivity index (χ2v) is 9.72. The van der Waals surface area contributed by atoms with Gasteiger partial charge in [0, 0.05) is 30.3 Å². The van der Waals surface area contributed by atoms with Gasteiger partial charge in [0.1, 0.15) is 29.4 Å². The number of halogens is 4. The van der Waals surface area contributed by atoms with Crippen molar-refractivity contribution in [1.82, 2.24) is 9.88 Å². The lowest BCUT2D eigenvalue weighted by atomic mass is 9.74. The summed E-state index contributed by atoms with van der Waals surface area (Å²) in [5.74, 6) is 2.81. The summed E-state index contributed by atoms with van der Waals surface area (Å²) in [6.07, 6.45) is 2.55. The van der Waals surface area contributed by atoms with Crippen LogP contribution in [0.5, 0.6) is 5.75 Å². The van der Waals surface area contributed by atoms with Crippen LogP contribution in [0.1, 0.15) is 48.5 Å². The number of piperidine rings is 1. The van der Waals surface area contributed by atoms with Crippen LogP contribution >= 0.6 is 0 Å². The van der Waals surface area contributed by atoms with Crippen LogP contribution in [0.3, 0.4) is 0 Å². The Morgan fingerprint density at radius 2 is 1.84 bits per heavy atom. The molecule has 0 spiro atoms. The van der Waals surface area contributed by atoms with Crippen molar-refractivity contribution in [3.05, 3.63) is 70.7 Å². The van der Waals surface area contributed by atoms with Crippen molar-refractivity contribution in [3.8, 4) is 17.6 Å². The Kier molecular flexibility index (Phi) is 8.35. The minimum Gasteiger partial charge on any atom is -0.497 e. The number of aryl methyl sites for hydroxylation is 1. The number of benzene rings is 2. The number of rotatable bonds is 7. The van der Waals surface area contributed by atoms with Gasteiger partial charge in [-0.15, -0.1) is 0 Å². The van der Waals surface area contributed by atoms with Crippen molar-refractivity contribution < 1.29 is 27.4 Å². The Balaban J connectivity index is 1.38. The van der Waals surface area contributed by atoms with Gasteiger partial charge >= 0.3 is 0 Å². The van der Waals surface area contributed by atoms with E-state index in [1.807, 2.05) is 24.0 Å². The van der Waals surface area contributed by atoms with Crippen LogP contribution < -0.4 is 4.74 Å². The molecule has 0 saturated carbocycles. The van der Waals surface area contributed by atoms with Gasteiger partial charge in [-0.05, 0) is 80.4 Å². The molecular formula is C29H30F4N2O2. The third kappa shape index (κ3) is 6.06. The van der Waals surface area contributed by atoms with Gasteiger partial charge in [0.2, 0.25) is 0 Å². The lowest BCUT2D eigenvalue weighted by Crippen LogP contribution is -2.42. The highest BCUT2D eigenvalue weighted by Gasteiger charge is 2.34. The van der Waals surface area contributed by atoms with Crippen molar-refractivity contribution in [2.45, 2.75) is 38.8 Å². The molecule has 1 N–H and O–H groups in total. The van der Waals surface area contributed by atoms with E-state index in [9.17, 15) is 18.3 Å². The first-order valence-electron chi connectivity index (χ1n) is 12.3. The van der Waals surface area contributed by atoms with Crippen molar-refractivity contribution >= 4 is 10.9 Å². The largest absolute Gasteiger partial charge is 0.497 e. The van der Waals surface area contributed by atoms with E-state index < -0.39 is 34.6 Å². The Morgan fingerprint density at radius 3 is 2.49 bits per heavy atom. The minimum absolute atomic E-state index is 0.0465. The van der Waals surface area contributed by atoms with Crippen LogP contribution in [0.25, 0.3) is 10.9 Å². The Bertz CT molecular complexity index is 1300. The molecule has 0 unspecified atom stereocenters. The lowest BCUT2D eigenvalue weighted by molar-refractivity contribution is 0.0344. The number of nitrogens with zero attached hydrogens (tertiary/aromatic N) is 2. The molecule has 2 heterocycles. The van der Waals surface area contributed by atoms with Crippen molar-refractivity contribution in [2.24, 2.45) is 5.41 Å². The van der Waals surface area contributed by atoms with Crippen LogP contribution in [0.2, 0.25) is 0 Å². The molecule has 0 radical (unpaired) electrons. The zero-order chi connectivity index (χ0) is 26.6. The molecule has 1 fully saturated rings. The van der Waals surface area contributed by atoms with Crippen LogP contribution in [-0.2, 0) is 0 Å². The molecule has 0 aliphatic carbocycles. The van der Waals surface area contributed by atoms with Gasteiger partial charge in [-0.2, -0.15) is 0 Å². The number of methoxy groups -OCH3 is 1. The fraction of sp³-hybridized carbons (Fsp3) is 0.414. The van der Waals surface area contributed by atoms with E-state index in [0.29, 0.717) is 61.3 Å². The van der Waals surface area contributed by atoms with E-state index in [2.05, 4.69) is 16.8 Å². The Morgan fingerprint density at radius 1 is 1.14 bits per heavy atom. The number of fused-ring (bicyclic) bond motifs is 1. The third-order valence-electron chi connectivity index (χ3n) is 7.33. The number of ether oxygens (including phenoxy) is 1. The lowest BCUT2D eigenvalue weighted by Gasteiger charge is -2.40. The minimum atomic E-state index is -1.22. The second-order valence-electron chi connectivity index (χ2n) is 9.72. The summed E-state index contributed by atoms with van der Waals surface area (Å²) >= 11 is 0. The summed E-state index contributed by atoms with van der Waals surface area (Å²) in [5, 5.41) is 10.9. The van der Waals surface area contributed by atoms with E-state index in [0.717, 1.165) is 10.9 Å². The van der Waals surface area contributed by atoms with Crippen LogP contribution in [0, 0.1) is 41.6 Å². The summed E-state index contributed by atoms with van der Waals surface area (Å²) in [6, 6.07) is 6.63. The molecule has 1 saturated heterocycles. The predicted octanol–water partition coefficient (Wildman–Crippen LogP) is 5.89. The molecule has 196 valence electrons. The average Bonchev–Trinajstić information content (AvgIpc) is 2.89. The molecule has 37 heavy (non-hydrogen) atoms. The van der Waals surface area contributed by atoms with Crippen molar-refractivity contribution in [1.29, 1.82) is 0 Å². The van der Waals surface area contributed by atoms with E-state index in [4.69, 9.17) is 4.74 Å². The van der Waals surface area contributed by atoms with Crippen LogP contribution in [0.15, 0.2) is 36.5 Å². The number of pyridine rings is 1. The summed E-state index contributed by atoms with van der Waals surface area (Å²) < 4.78 is 61.6. The predicted molar refractivity (Wildman–Crippen MR) is 135 cm³/mol. The van der Waals surface area contributed by atoms with E-state index in [1.54, 1.807) is 19.4 Å². The number of aromatic nitrogens is 1. The van der Waals surface area contributed by atoms with Crippen molar-refractivity contribution in [2.75, 3.05) is 33.4 Å². The molecule has 2 aromatic carbocycles. The fourth-order valence-electron chi connectivity index (χ4n) is 4.99. The number of likely N-dealkylation sites (tertiary alicyclic amines) is 1. The first-order valence-corrected chi connectivity index (χ1v) is 12.3. The van der Waals surface area contributed by atoms with Crippen molar-refractivity contribution in [3.63, 3.8) is 0 Å². The first kappa shape index (κ1) is 26.9. The molecule has 0 bridgehead atoms. The fourth-order valence-corrected chi connectivity index (χ4v) is 4.99. The highest BCUT2D eigenvalue weighted by molar-refractivity contribution is 5.84. The molecule has 1 aliphatic heterocycles. The SMILES string of the molecule is COc1ccc2ncc(C)c([C@H](F)CCC3(CO)CCN(CC#Cc4c(F)cc(F)cc4F)CC3)c2c1. The number of aliphatic hydroxyl groups excluding tert-OH is 1. The zero-order valence-corrected chi connectivity index (χ0v) is 21.0. The highest BCUT2D eigenvalue weighted by atomic mass is 19.1. The smallest absolute Gasteiger partial charge is 0.144 e. The Hall–Kier alpha value is -3.15. The topological polar surface area (TPSA) is 45.6 Å². The summed E-state index contributed by atoms with van der Waals surface area (Å²) in [4.78, 5) is 6.44. The molecule has 1 aliphatic rings. The highest BCUT2D eigenvalue weighted by Crippen LogP contribution is 2.40. The third-order valence-corrected chi connectivity index (χ3v) is 7.33. The summed E-state index contributed by atoms with van der Waals surface area (Å²) in [5.41, 5.74) is 1.22. The normalized spacial score (nSPS) is 16.3. The van der Waals surface area contributed by atoms with Gasteiger partial charge in [0.25, 0.3) is 0 Å². The molecule has 8 heteroatoms. The number of aliphatic hydroxyl groups is 1. The maximum absolute atomic E-state index is 15.7. The van der Waals surface area contributed by atoms with Crippen LogP contribution in [0.4, 0.5) is 17.6 Å². The first-order chi connectivity index (χ1) is 17.7. The quantitative estimate of drug-likeness (QED) is 0.316. The van der Waals surface area contributed by atoms with E-state index >= 15 is 4.39 Å². The zero-order valence-electron chi connectivity index (χ0n) is 21.0. The van der Waals surface area contributed by atoms with Gasteiger partial charge in [-0.25, -0.2) is 17.6 Å². The molecule has 4 nitrogen and oxygen atoms in total. The van der Waals surface area contributed by atoms with Gasteiger partial charge in [0.15, 0.2) is 0 Å². The number of hydrogen-bond donors (Lipinski definition) is 1. The van der Waals surface area contributed by atoms with Gasteiger partial charge in [0.05, 0.1) is 24.7 Å². The standard InChI is InChI=1S/C29H30F4N2O2/c1-19-17-34-27-6-5-21(37-2)16-23(27)28(19)24(31)7-8-29(18-36)9-12-35(13-10-29)11-3-4-22-25(32)14-20(30)15-26(22)33/h5-6,14-17,24,36H,7-13,18H2,1-2H3/t24-/m1/s1. The molecule has 1 atom stereocenters. The molecule has 0 amide bonds. The second kappa shape index (κ2) is 11.5.